The average Bonchev–Trinajstić information content (AvgIpc) is 2.60. The number of amides is 1. The van der Waals surface area contributed by atoms with Gasteiger partial charge in [0.2, 0.25) is 0 Å². The molecule has 3 rings (SSSR count). The van der Waals surface area contributed by atoms with E-state index in [1.54, 1.807) is 18.2 Å². The Morgan fingerprint density at radius 1 is 1.05 bits per heavy atom. The molecule has 3 nitrogen and oxygen atoms in total. The first-order valence-electron chi connectivity index (χ1n) is 6.13. The maximum Gasteiger partial charge on any atom is 0.253 e. The highest BCUT2D eigenvalue weighted by atomic mass is 19.1. The molecule has 1 aliphatic heterocycles. The topological polar surface area (TPSA) is 41.1 Å². The van der Waals surface area contributed by atoms with Crippen LogP contribution < -0.4 is 10.6 Å². The highest BCUT2D eigenvalue weighted by molar-refractivity contribution is 6.00. The molecule has 1 aliphatic rings. The number of rotatable bonds is 1. The van der Waals surface area contributed by atoms with Gasteiger partial charge in [-0.1, -0.05) is 24.3 Å². The summed E-state index contributed by atoms with van der Waals surface area (Å²) in [5.41, 5.74) is 2.37. The predicted molar refractivity (Wildman–Crippen MR) is 71.5 cm³/mol. The number of fused-ring (bicyclic) bond motifs is 1. The molecule has 1 heterocycles. The molecule has 0 bridgehead atoms. The summed E-state index contributed by atoms with van der Waals surface area (Å²) in [4.78, 5) is 11.9. The third kappa shape index (κ3) is 2.29. The van der Waals surface area contributed by atoms with Crippen LogP contribution in [0.4, 0.5) is 10.1 Å². The van der Waals surface area contributed by atoms with Gasteiger partial charge in [0.25, 0.3) is 5.91 Å². The molecule has 2 N–H and O–H groups in total. The zero-order valence-corrected chi connectivity index (χ0v) is 10.2. The van der Waals surface area contributed by atoms with Crippen LogP contribution in [0, 0.1) is 5.82 Å². The molecule has 0 spiro atoms. The van der Waals surface area contributed by atoms with E-state index < -0.39 is 0 Å². The Morgan fingerprint density at radius 3 is 2.58 bits per heavy atom. The summed E-state index contributed by atoms with van der Waals surface area (Å²) in [7, 11) is 0. The van der Waals surface area contributed by atoms with Crippen molar-refractivity contribution in [2.24, 2.45) is 0 Å². The molecule has 0 aliphatic carbocycles. The molecule has 0 saturated carbocycles. The summed E-state index contributed by atoms with van der Waals surface area (Å²) in [5, 5.41) is 6.19. The molecular weight excluding hydrogens is 243 g/mol. The fourth-order valence-corrected chi connectivity index (χ4v) is 2.23. The molecule has 4 heteroatoms. The van der Waals surface area contributed by atoms with Gasteiger partial charge >= 0.3 is 0 Å². The highest BCUT2D eigenvalue weighted by Crippen LogP contribution is 2.25. The van der Waals surface area contributed by atoms with E-state index >= 15 is 0 Å². The van der Waals surface area contributed by atoms with Crippen LogP contribution in [0.15, 0.2) is 48.5 Å². The number of hydrogen-bond donors (Lipinski definition) is 2. The van der Waals surface area contributed by atoms with Crippen LogP contribution in [0.3, 0.4) is 0 Å². The van der Waals surface area contributed by atoms with Gasteiger partial charge in [-0.05, 0) is 29.8 Å². The number of hydrogen-bond acceptors (Lipinski definition) is 2. The van der Waals surface area contributed by atoms with Gasteiger partial charge in [-0.2, -0.15) is 0 Å². The zero-order valence-electron chi connectivity index (χ0n) is 10.2. The lowest BCUT2D eigenvalue weighted by Crippen LogP contribution is -2.27. The average molecular weight is 256 g/mol. The normalized spacial score (nSPS) is 17.9. The number of carbonyl (C=O) groups is 1. The fourth-order valence-electron chi connectivity index (χ4n) is 2.23. The van der Waals surface area contributed by atoms with E-state index in [0.29, 0.717) is 12.1 Å². The van der Waals surface area contributed by atoms with Crippen LogP contribution >= 0.6 is 0 Å². The number of benzene rings is 2. The van der Waals surface area contributed by atoms with E-state index in [9.17, 15) is 9.18 Å². The first-order valence-corrected chi connectivity index (χ1v) is 6.13. The van der Waals surface area contributed by atoms with E-state index in [-0.39, 0.29) is 17.8 Å². The third-order valence-electron chi connectivity index (χ3n) is 3.24. The molecule has 0 radical (unpaired) electrons. The van der Waals surface area contributed by atoms with E-state index in [2.05, 4.69) is 10.6 Å². The van der Waals surface area contributed by atoms with Crippen LogP contribution in [0.2, 0.25) is 0 Å². The molecule has 0 saturated heterocycles. The second kappa shape index (κ2) is 4.72. The summed E-state index contributed by atoms with van der Waals surface area (Å²) in [5.74, 6) is -0.352. The maximum atomic E-state index is 12.9. The lowest BCUT2D eigenvalue weighted by molar-refractivity contribution is 0.0955. The molecular formula is C15H13FN2O. The predicted octanol–water partition coefficient (Wildman–Crippen LogP) is 2.72. The smallest absolute Gasteiger partial charge is 0.253 e. The van der Waals surface area contributed by atoms with Gasteiger partial charge < -0.3 is 10.6 Å². The van der Waals surface area contributed by atoms with Crippen molar-refractivity contribution in [1.29, 1.82) is 0 Å². The van der Waals surface area contributed by atoms with Crippen molar-refractivity contribution in [3.8, 4) is 0 Å². The Kier molecular flexibility index (Phi) is 2.91. The van der Waals surface area contributed by atoms with Crippen molar-refractivity contribution >= 4 is 11.6 Å². The molecule has 2 aromatic rings. The number of anilines is 1. The van der Waals surface area contributed by atoms with Gasteiger partial charge in [0.1, 0.15) is 5.82 Å². The first kappa shape index (κ1) is 11.7. The fraction of sp³-hybridized carbons (Fsp3) is 0.133. The van der Waals surface area contributed by atoms with Gasteiger partial charge in [-0.25, -0.2) is 4.39 Å². The van der Waals surface area contributed by atoms with E-state index in [1.165, 1.54) is 12.1 Å². The Balaban J connectivity index is 1.94. The molecule has 0 aromatic heterocycles. The molecule has 0 unspecified atom stereocenters. The van der Waals surface area contributed by atoms with Crippen molar-refractivity contribution in [3.63, 3.8) is 0 Å². The molecule has 2 aromatic carbocycles. The Morgan fingerprint density at radius 2 is 1.79 bits per heavy atom. The van der Waals surface area contributed by atoms with E-state index in [1.807, 2.05) is 18.2 Å². The summed E-state index contributed by atoms with van der Waals surface area (Å²) >= 11 is 0. The minimum absolute atomic E-state index is 0.0619. The van der Waals surface area contributed by atoms with Gasteiger partial charge in [-0.3, -0.25) is 4.79 Å². The summed E-state index contributed by atoms with van der Waals surface area (Å²) in [6.07, 6.45) is 0. The minimum atomic E-state index is -0.262. The van der Waals surface area contributed by atoms with Crippen LogP contribution in [-0.2, 0) is 0 Å². The Hall–Kier alpha value is -2.36. The van der Waals surface area contributed by atoms with Gasteiger partial charge in [0.15, 0.2) is 0 Å². The van der Waals surface area contributed by atoms with Crippen molar-refractivity contribution in [3.05, 3.63) is 65.5 Å². The second-order valence-corrected chi connectivity index (χ2v) is 4.50. The van der Waals surface area contributed by atoms with E-state index in [4.69, 9.17) is 0 Å². The summed E-state index contributed by atoms with van der Waals surface area (Å²) in [6, 6.07) is 13.6. The molecule has 96 valence electrons. The summed E-state index contributed by atoms with van der Waals surface area (Å²) < 4.78 is 12.9. The van der Waals surface area contributed by atoms with Gasteiger partial charge in [0, 0.05) is 12.2 Å². The van der Waals surface area contributed by atoms with Crippen molar-refractivity contribution < 1.29 is 9.18 Å². The van der Waals surface area contributed by atoms with Crippen molar-refractivity contribution in [2.45, 2.75) is 6.04 Å². The monoisotopic (exact) mass is 256 g/mol. The van der Waals surface area contributed by atoms with E-state index in [0.717, 1.165) is 11.3 Å². The van der Waals surface area contributed by atoms with Crippen LogP contribution in [0.25, 0.3) is 0 Å². The van der Waals surface area contributed by atoms with Gasteiger partial charge in [-0.15, -0.1) is 0 Å². The minimum Gasteiger partial charge on any atom is -0.376 e. The summed E-state index contributed by atoms with van der Waals surface area (Å²) in [6.45, 7) is 0.471. The van der Waals surface area contributed by atoms with Crippen molar-refractivity contribution in [2.75, 3.05) is 11.9 Å². The largest absolute Gasteiger partial charge is 0.376 e. The zero-order chi connectivity index (χ0) is 13.2. The number of halogens is 1. The quantitative estimate of drug-likeness (QED) is 0.823. The second-order valence-electron chi connectivity index (χ2n) is 4.50. The SMILES string of the molecule is O=C1NC[C@H](c2ccc(F)cc2)Nc2ccccc21. The molecule has 0 fully saturated rings. The highest BCUT2D eigenvalue weighted by Gasteiger charge is 2.21. The Labute approximate surface area is 110 Å². The molecule has 1 atom stereocenters. The number of carbonyl (C=O) groups excluding carboxylic acids is 1. The van der Waals surface area contributed by atoms with Crippen LogP contribution in [-0.4, -0.2) is 12.5 Å². The lowest BCUT2D eigenvalue weighted by Gasteiger charge is -2.17. The maximum absolute atomic E-state index is 12.9. The van der Waals surface area contributed by atoms with Crippen LogP contribution in [0.5, 0.6) is 0 Å². The standard InChI is InChI=1S/C15H13FN2O/c16-11-7-5-10(6-8-11)14-9-17-15(19)12-3-1-2-4-13(12)18-14/h1-8,14,18H,9H2,(H,17,19)/t14-/m1/s1. The number of para-hydroxylation sites is 1. The van der Waals surface area contributed by atoms with Gasteiger partial charge in [0.05, 0.1) is 11.6 Å². The Bertz CT molecular complexity index is 610. The van der Waals surface area contributed by atoms with Crippen LogP contribution in [0.1, 0.15) is 22.0 Å². The lowest BCUT2D eigenvalue weighted by atomic mass is 10.1. The van der Waals surface area contributed by atoms with Crippen molar-refractivity contribution in [1.82, 2.24) is 5.32 Å². The molecule has 1 amide bonds. The first-order chi connectivity index (χ1) is 9.24. The molecule has 19 heavy (non-hydrogen) atoms. The number of nitrogens with one attached hydrogen (secondary N) is 2. The third-order valence-corrected chi connectivity index (χ3v) is 3.24.